The van der Waals surface area contributed by atoms with E-state index < -0.39 is 6.36 Å². The molecule has 0 unspecified atom stereocenters. The summed E-state index contributed by atoms with van der Waals surface area (Å²) in [4.78, 5) is 3.96. The van der Waals surface area contributed by atoms with Gasteiger partial charge in [0.05, 0.1) is 5.69 Å². The van der Waals surface area contributed by atoms with E-state index in [0.29, 0.717) is 17.4 Å². The van der Waals surface area contributed by atoms with Gasteiger partial charge in [0.15, 0.2) is 5.15 Å². The average molecular weight is 382 g/mol. The molecule has 0 aliphatic rings. The summed E-state index contributed by atoms with van der Waals surface area (Å²) >= 11 is 9.20. The molecule has 0 bridgehead atoms. The molecule has 3 nitrogen and oxygen atoms in total. The lowest BCUT2D eigenvalue weighted by molar-refractivity contribution is -0.274. The van der Waals surface area contributed by atoms with Crippen LogP contribution in [0.2, 0.25) is 5.15 Å². The van der Waals surface area contributed by atoms with E-state index in [1.165, 1.54) is 24.3 Å². The zero-order valence-electron chi connectivity index (χ0n) is 10.4. The largest absolute Gasteiger partial charge is 0.573 e. The first-order valence-electron chi connectivity index (χ1n) is 5.73. The Bertz CT molecular complexity index is 620. The number of pyridine rings is 1. The van der Waals surface area contributed by atoms with Crippen LogP contribution in [0.3, 0.4) is 0 Å². The fourth-order valence-electron chi connectivity index (χ4n) is 1.55. The Labute approximate surface area is 132 Å². The van der Waals surface area contributed by atoms with Crippen molar-refractivity contribution in [1.82, 2.24) is 4.98 Å². The first-order chi connectivity index (χ1) is 9.83. The van der Waals surface area contributed by atoms with E-state index in [9.17, 15) is 13.2 Å². The van der Waals surface area contributed by atoms with Gasteiger partial charge in [-0.05, 0) is 39.7 Å². The van der Waals surface area contributed by atoms with Crippen LogP contribution in [0.1, 0.15) is 5.56 Å². The molecule has 8 heteroatoms. The summed E-state index contributed by atoms with van der Waals surface area (Å²) in [6.45, 7) is 0.393. The Morgan fingerprint density at radius 1 is 1.24 bits per heavy atom. The predicted molar refractivity (Wildman–Crippen MR) is 77.4 cm³/mol. The summed E-state index contributed by atoms with van der Waals surface area (Å²) in [5, 5.41) is 3.37. The number of anilines is 1. The molecule has 1 aromatic carbocycles. The van der Waals surface area contributed by atoms with Gasteiger partial charge in [-0.15, -0.1) is 13.2 Å². The summed E-state index contributed by atoms with van der Waals surface area (Å²) in [5.41, 5.74) is 1.40. The number of rotatable bonds is 4. The molecule has 0 radical (unpaired) electrons. The normalized spacial score (nSPS) is 11.3. The van der Waals surface area contributed by atoms with Crippen LogP contribution in [0.4, 0.5) is 18.9 Å². The molecule has 21 heavy (non-hydrogen) atoms. The molecule has 0 aliphatic heterocycles. The molecule has 0 saturated heterocycles. The summed E-state index contributed by atoms with van der Waals surface area (Å²) in [6, 6.07) is 7.34. The third-order valence-corrected chi connectivity index (χ3v) is 3.18. The lowest BCUT2D eigenvalue weighted by Gasteiger charge is -2.10. The summed E-state index contributed by atoms with van der Waals surface area (Å²) in [5.74, 6) is -0.256. The van der Waals surface area contributed by atoms with E-state index >= 15 is 0 Å². The van der Waals surface area contributed by atoms with Crippen molar-refractivity contribution >= 4 is 33.2 Å². The maximum atomic E-state index is 12.0. The minimum Gasteiger partial charge on any atom is -0.406 e. The minimum atomic E-state index is -4.69. The van der Waals surface area contributed by atoms with Crippen LogP contribution in [0.25, 0.3) is 0 Å². The van der Waals surface area contributed by atoms with Gasteiger partial charge in [-0.1, -0.05) is 23.7 Å². The van der Waals surface area contributed by atoms with Gasteiger partial charge in [0, 0.05) is 17.2 Å². The second kappa shape index (κ2) is 6.53. The number of aromatic nitrogens is 1. The van der Waals surface area contributed by atoms with Crippen molar-refractivity contribution in [2.45, 2.75) is 12.9 Å². The number of halogens is 5. The van der Waals surface area contributed by atoms with Crippen molar-refractivity contribution in [3.8, 4) is 5.75 Å². The highest BCUT2D eigenvalue weighted by Gasteiger charge is 2.30. The van der Waals surface area contributed by atoms with E-state index in [-0.39, 0.29) is 5.75 Å². The van der Waals surface area contributed by atoms with Gasteiger partial charge in [-0.3, -0.25) is 0 Å². The number of hydrogen-bond acceptors (Lipinski definition) is 3. The molecular weight excluding hydrogens is 373 g/mol. The highest BCUT2D eigenvalue weighted by Crippen LogP contribution is 2.25. The van der Waals surface area contributed by atoms with Crippen molar-refractivity contribution in [1.29, 1.82) is 0 Å². The molecule has 2 rings (SSSR count). The molecule has 0 amide bonds. The molecule has 0 fully saturated rings. The van der Waals surface area contributed by atoms with Crippen LogP contribution >= 0.6 is 27.5 Å². The second-order valence-corrected chi connectivity index (χ2v) is 5.31. The summed E-state index contributed by atoms with van der Waals surface area (Å²) in [7, 11) is 0. The van der Waals surface area contributed by atoms with E-state index in [0.717, 1.165) is 10.0 Å². The number of benzene rings is 1. The minimum absolute atomic E-state index is 0.256. The van der Waals surface area contributed by atoms with E-state index in [1.54, 1.807) is 12.3 Å². The SMILES string of the molecule is FC(F)(F)Oc1ccc(CNc2cc(Br)cnc2Cl)cc1. The van der Waals surface area contributed by atoms with Crippen molar-refractivity contribution in [3.05, 3.63) is 51.7 Å². The first-order valence-corrected chi connectivity index (χ1v) is 6.90. The molecule has 0 atom stereocenters. The summed E-state index contributed by atoms with van der Waals surface area (Å²) < 4.78 is 40.7. The Morgan fingerprint density at radius 2 is 1.90 bits per heavy atom. The number of ether oxygens (including phenoxy) is 1. The second-order valence-electron chi connectivity index (χ2n) is 4.04. The summed E-state index contributed by atoms with van der Waals surface area (Å²) in [6.07, 6.45) is -3.12. The first kappa shape index (κ1) is 15.9. The maximum Gasteiger partial charge on any atom is 0.573 e. The topological polar surface area (TPSA) is 34.1 Å². The van der Waals surface area contributed by atoms with Gasteiger partial charge in [0.1, 0.15) is 5.75 Å². The van der Waals surface area contributed by atoms with Crippen molar-refractivity contribution in [2.75, 3.05) is 5.32 Å². The highest BCUT2D eigenvalue weighted by atomic mass is 79.9. The van der Waals surface area contributed by atoms with Gasteiger partial charge in [-0.25, -0.2) is 4.98 Å². The molecule has 1 heterocycles. The van der Waals surface area contributed by atoms with E-state index in [1.807, 2.05) is 0 Å². The molecule has 2 aromatic rings. The molecular formula is C13H9BrClF3N2O. The van der Waals surface area contributed by atoms with Gasteiger partial charge in [-0.2, -0.15) is 0 Å². The fourth-order valence-corrected chi connectivity index (χ4v) is 2.05. The van der Waals surface area contributed by atoms with Crippen LogP contribution in [0.5, 0.6) is 5.75 Å². The van der Waals surface area contributed by atoms with Gasteiger partial charge in [0.25, 0.3) is 0 Å². The fraction of sp³-hybridized carbons (Fsp3) is 0.154. The van der Waals surface area contributed by atoms with E-state index in [2.05, 4.69) is 31.0 Å². The Kier molecular flexibility index (Phi) is 4.95. The van der Waals surface area contributed by atoms with Gasteiger partial charge < -0.3 is 10.1 Å². The molecule has 0 aliphatic carbocycles. The smallest absolute Gasteiger partial charge is 0.406 e. The van der Waals surface area contributed by atoms with Gasteiger partial charge >= 0.3 is 6.36 Å². The van der Waals surface area contributed by atoms with Gasteiger partial charge in [0.2, 0.25) is 0 Å². The third-order valence-electron chi connectivity index (χ3n) is 2.45. The monoisotopic (exact) mass is 380 g/mol. The Morgan fingerprint density at radius 3 is 2.52 bits per heavy atom. The van der Waals surface area contributed by atoms with Crippen LogP contribution in [0, 0.1) is 0 Å². The Balaban J connectivity index is 1.99. The van der Waals surface area contributed by atoms with Crippen molar-refractivity contribution < 1.29 is 17.9 Å². The Hall–Kier alpha value is -1.47. The highest BCUT2D eigenvalue weighted by molar-refractivity contribution is 9.10. The number of nitrogens with zero attached hydrogens (tertiary/aromatic N) is 1. The number of nitrogens with one attached hydrogen (secondary N) is 1. The van der Waals surface area contributed by atoms with Crippen LogP contribution in [-0.4, -0.2) is 11.3 Å². The van der Waals surface area contributed by atoms with Crippen molar-refractivity contribution in [3.63, 3.8) is 0 Å². The average Bonchev–Trinajstić information content (AvgIpc) is 2.40. The lowest BCUT2D eigenvalue weighted by Crippen LogP contribution is -2.17. The maximum absolute atomic E-state index is 12.0. The third kappa shape index (κ3) is 5.09. The van der Waals surface area contributed by atoms with Crippen LogP contribution < -0.4 is 10.1 Å². The molecule has 112 valence electrons. The quantitative estimate of drug-likeness (QED) is 0.756. The molecule has 0 spiro atoms. The predicted octanol–water partition coefficient (Wildman–Crippen LogP) is 5.01. The standard InChI is InChI=1S/C13H9BrClF3N2O/c14-9-5-11(12(15)20-7-9)19-6-8-1-3-10(4-2-8)21-13(16,17)18/h1-5,7,19H,6H2. The number of alkyl halides is 3. The zero-order valence-corrected chi connectivity index (χ0v) is 12.8. The lowest BCUT2D eigenvalue weighted by atomic mass is 10.2. The molecule has 1 aromatic heterocycles. The van der Waals surface area contributed by atoms with Crippen molar-refractivity contribution in [2.24, 2.45) is 0 Å². The zero-order chi connectivity index (χ0) is 15.5. The van der Waals surface area contributed by atoms with E-state index in [4.69, 9.17) is 11.6 Å². The molecule has 1 N–H and O–H groups in total. The van der Waals surface area contributed by atoms with Crippen LogP contribution in [0.15, 0.2) is 41.0 Å². The molecule has 0 saturated carbocycles. The van der Waals surface area contributed by atoms with Crippen LogP contribution in [-0.2, 0) is 6.54 Å². The number of hydrogen-bond donors (Lipinski definition) is 1.